The molecule has 0 bridgehead atoms. The number of phenolic OH excluding ortho intramolecular Hbond substituents is 1. The van der Waals surface area contributed by atoms with Crippen LogP contribution in [0.1, 0.15) is 25.5 Å². The van der Waals surface area contributed by atoms with E-state index in [9.17, 15) is 14.7 Å². The van der Waals surface area contributed by atoms with Gasteiger partial charge in [-0.15, -0.1) is 0 Å². The molecule has 0 saturated heterocycles. The standard InChI is InChI=1S/C21H21BrN2O7/c1-21(2,8-7-18(26)24-28)19(14-9-12(22)3-5-15(14)25)31-20(27)23-13-4-6-16-17(10-13)30-11-29-16/h3-10,19,25,28H,11H2,1-2H3,(H,23,27)(H,24,26)/b8-7+/t19-/m0/s1. The van der Waals surface area contributed by atoms with Gasteiger partial charge in [0.15, 0.2) is 11.5 Å². The molecule has 4 N–H and O–H groups in total. The first-order valence-corrected chi connectivity index (χ1v) is 9.98. The summed E-state index contributed by atoms with van der Waals surface area (Å²) >= 11 is 3.35. The number of rotatable bonds is 6. The van der Waals surface area contributed by atoms with Gasteiger partial charge in [0, 0.05) is 33.3 Å². The number of halogens is 1. The van der Waals surface area contributed by atoms with Crippen LogP contribution in [0.3, 0.4) is 0 Å². The van der Waals surface area contributed by atoms with E-state index >= 15 is 0 Å². The third-order valence-corrected chi connectivity index (χ3v) is 5.06. The summed E-state index contributed by atoms with van der Waals surface area (Å²) in [6.07, 6.45) is 0.816. The lowest BCUT2D eigenvalue weighted by atomic mass is 9.81. The zero-order valence-electron chi connectivity index (χ0n) is 16.7. The molecule has 31 heavy (non-hydrogen) atoms. The highest BCUT2D eigenvalue weighted by molar-refractivity contribution is 9.10. The van der Waals surface area contributed by atoms with Crippen molar-refractivity contribution in [2.75, 3.05) is 12.1 Å². The van der Waals surface area contributed by atoms with Crippen molar-refractivity contribution in [2.24, 2.45) is 5.41 Å². The number of phenols is 1. The number of hydroxylamine groups is 1. The molecule has 0 aromatic heterocycles. The number of carbonyl (C=O) groups excluding carboxylic acids is 2. The third kappa shape index (κ3) is 5.47. The van der Waals surface area contributed by atoms with Gasteiger partial charge < -0.3 is 19.3 Å². The van der Waals surface area contributed by atoms with Crippen molar-refractivity contribution in [3.05, 3.63) is 58.6 Å². The maximum Gasteiger partial charge on any atom is 0.412 e. The first-order chi connectivity index (χ1) is 14.7. The number of ether oxygens (including phenoxy) is 3. The van der Waals surface area contributed by atoms with E-state index in [1.54, 1.807) is 44.2 Å². The number of nitrogens with one attached hydrogen (secondary N) is 2. The monoisotopic (exact) mass is 492 g/mol. The smallest absolute Gasteiger partial charge is 0.412 e. The largest absolute Gasteiger partial charge is 0.508 e. The summed E-state index contributed by atoms with van der Waals surface area (Å²) in [5.41, 5.74) is 1.32. The average molecular weight is 493 g/mol. The van der Waals surface area contributed by atoms with E-state index in [0.29, 0.717) is 27.2 Å². The lowest BCUT2D eigenvalue weighted by Crippen LogP contribution is -2.28. The van der Waals surface area contributed by atoms with E-state index in [1.807, 2.05) is 0 Å². The summed E-state index contributed by atoms with van der Waals surface area (Å²) in [5.74, 6) is 0.244. The minimum atomic E-state index is -0.984. The molecule has 0 unspecified atom stereocenters. The van der Waals surface area contributed by atoms with Gasteiger partial charge in [-0.1, -0.05) is 35.9 Å². The van der Waals surface area contributed by atoms with Crippen LogP contribution in [0.15, 0.2) is 53.0 Å². The molecular formula is C21H21BrN2O7. The van der Waals surface area contributed by atoms with Crippen molar-refractivity contribution < 1.29 is 34.1 Å². The number of anilines is 1. The summed E-state index contributed by atoms with van der Waals surface area (Å²) in [5, 5.41) is 21.7. The van der Waals surface area contributed by atoms with Gasteiger partial charge in [0.1, 0.15) is 11.9 Å². The normalized spacial score (nSPS) is 13.7. The van der Waals surface area contributed by atoms with Crippen molar-refractivity contribution >= 4 is 33.6 Å². The number of aromatic hydroxyl groups is 1. The van der Waals surface area contributed by atoms with Crippen LogP contribution in [0.25, 0.3) is 0 Å². The zero-order valence-corrected chi connectivity index (χ0v) is 18.3. The maximum absolute atomic E-state index is 12.7. The van der Waals surface area contributed by atoms with Crippen molar-refractivity contribution in [1.82, 2.24) is 5.48 Å². The molecule has 2 amide bonds. The highest BCUT2D eigenvalue weighted by atomic mass is 79.9. The van der Waals surface area contributed by atoms with Gasteiger partial charge in [-0.2, -0.15) is 0 Å². The molecule has 3 rings (SSSR count). The maximum atomic E-state index is 12.7. The fourth-order valence-electron chi connectivity index (χ4n) is 3.00. The average Bonchev–Trinajstić information content (AvgIpc) is 3.20. The molecule has 9 nitrogen and oxygen atoms in total. The Morgan fingerprint density at radius 3 is 2.68 bits per heavy atom. The molecule has 1 aliphatic heterocycles. The van der Waals surface area contributed by atoms with Crippen LogP contribution in [0.2, 0.25) is 0 Å². The molecule has 1 heterocycles. The molecular weight excluding hydrogens is 472 g/mol. The molecule has 1 aliphatic rings. The molecule has 0 radical (unpaired) electrons. The van der Waals surface area contributed by atoms with Crippen molar-refractivity contribution in [1.29, 1.82) is 0 Å². The fraction of sp³-hybridized carbons (Fsp3) is 0.238. The number of fused-ring (bicyclic) bond motifs is 1. The summed E-state index contributed by atoms with van der Waals surface area (Å²) in [4.78, 5) is 24.1. The van der Waals surface area contributed by atoms with Crippen molar-refractivity contribution in [3.63, 3.8) is 0 Å². The summed E-state index contributed by atoms with van der Waals surface area (Å²) in [7, 11) is 0. The SMILES string of the molecule is CC(C)(/C=C/C(=O)NO)[C@@H](OC(=O)Nc1ccc2c(c1)OCO2)c1cc(Br)ccc1O. The molecule has 1 atom stereocenters. The molecule has 2 aromatic rings. The van der Waals surface area contributed by atoms with Gasteiger partial charge in [-0.05, 0) is 30.3 Å². The Kier molecular flexibility index (Phi) is 6.71. The molecule has 0 aliphatic carbocycles. The molecule has 0 fully saturated rings. The molecule has 0 spiro atoms. The van der Waals surface area contributed by atoms with E-state index in [4.69, 9.17) is 19.4 Å². The Labute approximate surface area is 186 Å². The number of carbonyl (C=O) groups is 2. The van der Waals surface area contributed by atoms with Gasteiger partial charge in [0.25, 0.3) is 5.91 Å². The minimum absolute atomic E-state index is 0.0860. The van der Waals surface area contributed by atoms with Crippen LogP contribution in [-0.4, -0.2) is 29.1 Å². The van der Waals surface area contributed by atoms with Crippen molar-refractivity contribution in [3.8, 4) is 17.2 Å². The number of hydrogen-bond acceptors (Lipinski definition) is 7. The molecule has 0 saturated carbocycles. The van der Waals surface area contributed by atoms with Crippen LogP contribution in [0.5, 0.6) is 17.2 Å². The predicted molar refractivity (Wildman–Crippen MR) is 114 cm³/mol. The lowest BCUT2D eigenvalue weighted by Gasteiger charge is -2.32. The Balaban J connectivity index is 1.87. The first-order valence-electron chi connectivity index (χ1n) is 9.18. The second kappa shape index (κ2) is 9.27. The zero-order chi connectivity index (χ0) is 22.6. The summed E-state index contributed by atoms with van der Waals surface area (Å²) in [6, 6.07) is 9.63. The number of amides is 2. The Morgan fingerprint density at radius 2 is 1.94 bits per heavy atom. The Bertz CT molecular complexity index is 1020. The Morgan fingerprint density at radius 1 is 1.19 bits per heavy atom. The van der Waals surface area contributed by atoms with Gasteiger partial charge >= 0.3 is 6.09 Å². The van der Waals surface area contributed by atoms with Gasteiger partial charge in [-0.3, -0.25) is 15.3 Å². The van der Waals surface area contributed by atoms with E-state index in [0.717, 1.165) is 6.08 Å². The number of benzene rings is 2. The van der Waals surface area contributed by atoms with Gasteiger partial charge in [0.2, 0.25) is 6.79 Å². The van der Waals surface area contributed by atoms with E-state index in [-0.39, 0.29) is 12.5 Å². The number of hydrogen-bond donors (Lipinski definition) is 4. The van der Waals surface area contributed by atoms with Crippen LogP contribution in [0.4, 0.5) is 10.5 Å². The summed E-state index contributed by atoms with van der Waals surface area (Å²) in [6.45, 7) is 3.54. The van der Waals surface area contributed by atoms with Crippen molar-refractivity contribution in [2.45, 2.75) is 20.0 Å². The summed E-state index contributed by atoms with van der Waals surface area (Å²) < 4.78 is 16.9. The van der Waals surface area contributed by atoms with Gasteiger partial charge in [0.05, 0.1) is 0 Å². The molecule has 10 heteroatoms. The quantitative estimate of drug-likeness (QED) is 0.269. The van der Waals surface area contributed by atoms with Crippen LogP contribution in [-0.2, 0) is 9.53 Å². The highest BCUT2D eigenvalue weighted by Gasteiger charge is 2.34. The van der Waals surface area contributed by atoms with E-state index in [2.05, 4.69) is 21.2 Å². The molecule has 164 valence electrons. The lowest BCUT2D eigenvalue weighted by molar-refractivity contribution is -0.124. The molecule has 2 aromatic carbocycles. The fourth-order valence-corrected chi connectivity index (χ4v) is 3.37. The Hall–Kier alpha value is -3.24. The highest BCUT2D eigenvalue weighted by Crippen LogP contribution is 2.43. The van der Waals surface area contributed by atoms with Crippen LogP contribution in [0, 0.1) is 5.41 Å². The van der Waals surface area contributed by atoms with Crippen LogP contribution < -0.4 is 20.3 Å². The first kappa shape index (κ1) is 22.4. The van der Waals surface area contributed by atoms with Gasteiger partial charge in [-0.25, -0.2) is 10.3 Å². The topological polar surface area (TPSA) is 126 Å². The minimum Gasteiger partial charge on any atom is -0.508 e. The second-order valence-electron chi connectivity index (χ2n) is 7.31. The third-order valence-electron chi connectivity index (χ3n) is 4.57. The second-order valence-corrected chi connectivity index (χ2v) is 8.23. The van der Waals surface area contributed by atoms with Crippen LogP contribution >= 0.6 is 15.9 Å². The van der Waals surface area contributed by atoms with E-state index in [1.165, 1.54) is 17.6 Å². The predicted octanol–water partition coefficient (Wildman–Crippen LogP) is 4.26. The van der Waals surface area contributed by atoms with E-state index < -0.39 is 23.5 Å².